The first-order valence-electron chi connectivity index (χ1n) is 10.7. The van der Waals surface area contributed by atoms with Crippen LogP contribution in [0.2, 0.25) is 0 Å². The third-order valence-electron chi connectivity index (χ3n) is 5.88. The number of fused-ring (bicyclic) bond motifs is 1. The number of likely N-dealkylation sites (tertiary alicyclic amines) is 2. The number of piperidine rings is 1. The molecule has 2 aliphatic rings. The largest absolute Gasteiger partial charge is 0.494 e. The van der Waals surface area contributed by atoms with Gasteiger partial charge in [-0.2, -0.15) is 5.26 Å². The Hall–Kier alpha value is -2.65. The summed E-state index contributed by atoms with van der Waals surface area (Å²) in [5.41, 5.74) is 1.17. The van der Waals surface area contributed by atoms with Gasteiger partial charge in [0.15, 0.2) is 0 Å². The van der Waals surface area contributed by atoms with Gasteiger partial charge >= 0.3 is 0 Å². The van der Waals surface area contributed by atoms with Crippen LogP contribution < -0.4 is 4.74 Å². The van der Waals surface area contributed by atoms with Gasteiger partial charge in [-0.15, -0.1) is 0 Å². The topological polar surface area (TPSA) is 69.5 Å². The Kier molecular flexibility index (Phi) is 6.26. The van der Waals surface area contributed by atoms with Crippen molar-refractivity contribution in [2.75, 3.05) is 32.8 Å². The highest BCUT2D eigenvalue weighted by Crippen LogP contribution is 2.23. The summed E-state index contributed by atoms with van der Waals surface area (Å²) in [7, 11) is 0. The van der Waals surface area contributed by atoms with Crippen molar-refractivity contribution in [3.63, 3.8) is 0 Å². The summed E-state index contributed by atoms with van der Waals surface area (Å²) in [5, 5.41) is 10.2. The summed E-state index contributed by atoms with van der Waals surface area (Å²) in [6.45, 7) is 4.86. The number of amides is 1. The molecule has 0 bridgehead atoms. The quantitative estimate of drug-likeness (QED) is 0.703. The van der Waals surface area contributed by atoms with Gasteiger partial charge < -0.3 is 14.5 Å². The molecular weight excluding hydrogens is 364 g/mol. The molecule has 0 spiro atoms. The summed E-state index contributed by atoms with van der Waals surface area (Å²) in [5.74, 6) is 0.676. The number of nitriles is 1. The number of pyridine rings is 1. The molecule has 2 saturated heterocycles. The summed E-state index contributed by atoms with van der Waals surface area (Å²) in [4.78, 5) is 21.4. The number of hydrogen-bond acceptors (Lipinski definition) is 5. The minimum atomic E-state index is -0.333. The lowest BCUT2D eigenvalue weighted by molar-refractivity contribution is 0.0759. The molecule has 4 rings (SSSR count). The molecule has 6 heteroatoms. The van der Waals surface area contributed by atoms with Crippen LogP contribution in [0.3, 0.4) is 0 Å². The lowest BCUT2D eigenvalue weighted by Gasteiger charge is -2.26. The van der Waals surface area contributed by atoms with Gasteiger partial charge in [0, 0.05) is 18.5 Å². The van der Waals surface area contributed by atoms with Crippen molar-refractivity contribution < 1.29 is 9.53 Å². The van der Waals surface area contributed by atoms with E-state index in [-0.39, 0.29) is 11.9 Å². The molecule has 0 unspecified atom stereocenters. The van der Waals surface area contributed by atoms with Gasteiger partial charge in [-0.1, -0.05) is 12.5 Å². The molecule has 1 aromatic carbocycles. The molecule has 0 aliphatic carbocycles. The molecule has 2 aliphatic heterocycles. The lowest BCUT2D eigenvalue weighted by atomic mass is 10.1. The minimum absolute atomic E-state index is 0.158. The first-order valence-corrected chi connectivity index (χ1v) is 10.7. The van der Waals surface area contributed by atoms with Crippen LogP contribution in [0.15, 0.2) is 30.3 Å². The standard InChI is InChI=1S/C23H28N4O2/c24-17-19-6-4-14-27(19)23(28)22-9-7-18-16-20(8-10-21(18)25-22)29-15-5-13-26-11-2-1-3-12-26/h7-10,16,19H,1-6,11-15H2/t19-/m1/s1. The molecule has 2 aromatic rings. The normalized spacial score (nSPS) is 20.0. The molecule has 0 N–H and O–H groups in total. The Morgan fingerprint density at radius 3 is 2.83 bits per heavy atom. The molecule has 1 atom stereocenters. The number of carbonyl (C=O) groups excluding carboxylic acids is 1. The number of rotatable bonds is 6. The van der Waals surface area contributed by atoms with E-state index >= 15 is 0 Å². The van der Waals surface area contributed by atoms with Gasteiger partial charge in [0.25, 0.3) is 5.91 Å². The third kappa shape index (κ3) is 4.68. The number of nitrogens with zero attached hydrogens (tertiary/aromatic N) is 4. The van der Waals surface area contributed by atoms with Crippen molar-refractivity contribution in [1.82, 2.24) is 14.8 Å². The van der Waals surface area contributed by atoms with Gasteiger partial charge in [0.05, 0.1) is 18.2 Å². The Morgan fingerprint density at radius 1 is 1.14 bits per heavy atom. The predicted molar refractivity (Wildman–Crippen MR) is 112 cm³/mol. The number of hydrogen-bond donors (Lipinski definition) is 0. The van der Waals surface area contributed by atoms with Crippen LogP contribution >= 0.6 is 0 Å². The maximum absolute atomic E-state index is 12.7. The Labute approximate surface area is 172 Å². The molecule has 3 heterocycles. The maximum atomic E-state index is 12.7. The fourth-order valence-corrected chi connectivity index (χ4v) is 4.26. The fraction of sp³-hybridized carbons (Fsp3) is 0.522. The first-order chi connectivity index (χ1) is 14.2. The third-order valence-corrected chi connectivity index (χ3v) is 5.88. The highest BCUT2D eigenvalue weighted by atomic mass is 16.5. The van der Waals surface area contributed by atoms with E-state index in [9.17, 15) is 10.1 Å². The maximum Gasteiger partial charge on any atom is 0.273 e. The van der Waals surface area contributed by atoms with Crippen molar-refractivity contribution in [3.8, 4) is 11.8 Å². The predicted octanol–water partition coefficient (Wildman–Crippen LogP) is 3.62. The van der Waals surface area contributed by atoms with Gasteiger partial charge in [0.2, 0.25) is 0 Å². The second kappa shape index (κ2) is 9.23. The second-order valence-corrected chi connectivity index (χ2v) is 7.94. The van der Waals surface area contributed by atoms with Gasteiger partial charge in [-0.3, -0.25) is 4.79 Å². The van der Waals surface area contributed by atoms with Gasteiger partial charge in [0.1, 0.15) is 17.5 Å². The van der Waals surface area contributed by atoms with E-state index in [0.717, 1.165) is 42.5 Å². The molecule has 0 saturated carbocycles. The Bertz CT molecular complexity index is 901. The molecule has 152 valence electrons. The molecular formula is C23H28N4O2. The summed E-state index contributed by atoms with van der Waals surface area (Å²) in [6.07, 6.45) is 6.64. The average Bonchev–Trinajstić information content (AvgIpc) is 3.25. The van der Waals surface area contributed by atoms with Crippen LogP contribution in [-0.2, 0) is 0 Å². The fourth-order valence-electron chi connectivity index (χ4n) is 4.26. The second-order valence-electron chi connectivity index (χ2n) is 7.94. The Balaban J connectivity index is 1.35. The SMILES string of the molecule is N#C[C@H]1CCCN1C(=O)c1ccc2cc(OCCCN3CCCCC3)ccc2n1. The molecule has 6 nitrogen and oxygen atoms in total. The van der Waals surface area contributed by atoms with E-state index in [2.05, 4.69) is 16.0 Å². The van der Waals surface area contributed by atoms with Crippen molar-refractivity contribution in [3.05, 3.63) is 36.0 Å². The number of carbonyl (C=O) groups is 1. The minimum Gasteiger partial charge on any atom is -0.494 e. The smallest absolute Gasteiger partial charge is 0.273 e. The summed E-state index contributed by atoms with van der Waals surface area (Å²) < 4.78 is 5.93. The Morgan fingerprint density at radius 2 is 2.00 bits per heavy atom. The molecule has 0 radical (unpaired) electrons. The van der Waals surface area contributed by atoms with Crippen LogP contribution in [0.1, 0.15) is 49.0 Å². The first kappa shape index (κ1) is 19.7. The summed E-state index contributed by atoms with van der Waals surface area (Å²) in [6, 6.07) is 11.3. The van der Waals surface area contributed by atoms with E-state index in [1.165, 1.54) is 32.4 Å². The zero-order valence-electron chi connectivity index (χ0n) is 16.8. The lowest BCUT2D eigenvalue weighted by Crippen LogP contribution is -2.35. The van der Waals surface area contributed by atoms with Crippen molar-refractivity contribution in [2.24, 2.45) is 0 Å². The van der Waals surface area contributed by atoms with E-state index in [0.29, 0.717) is 18.8 Å². The van der Waals surface area contributed by atoms with Crippen LogP contribution in [0, 0.1) is 11.3 Å². The van der Waals surface area contributed by atoms with Crippen molar-refractivity contribution >= 4 is 16.8 Å². The molecule has 1 amide bonds. The number of benzene rings is 1. The van der Waals surface area contributed by atoms with E-state index < -0.39 is 0 Å². The van der Waals surface area contributed by atoms with Gasteiger partial charge in [-0.05, 0) is 69.5 Å². The van der Waals surface area contributed by atoms with Crippen LogP contribution in [-0.4, -0.2) is 59.5 Å². The monoisotopic (exact) mass is 392 g/mol. The van der Waals surface area contributed by atoms with Gasteiger partial charge in [-0.25, -0.2) is 4.98 Å². The van der Waals surface area contributed by atoms with E-state index in [1.54, 1.807) is 11.0 Å². The van der Waals surface area contributed by atoms with Crippen LogP contribution in [0.25, 0.3) is 10.9 Å². The zero-order chi connectivity index (χ0) is 20.1. The van der Waals surface area contributed by atoms with E-state index in [4.69, 9.17) is 4.74 Å². The number of aromatic nitrogens is 1. The molecule has 2 fully saturated rings. The molecule has 29 heavy (non-hydrogen) atoms. The molecule has 1 aromatic heterocycles. The van der Waals surface area contributed by atoms with E-state index in [1.807, 2.05) is 24.3 Å². The zero-order valence-corrected chi connectivity index (χ0v) is 16.8. The highest BCUT2D eigenvalue weighted by Gasteiger charge is 2.29. The van der Waals surface area contributed by atoms with Crippen molar-refractivity contribution in [2.45, 2.75) is 44.6 Å². The number of ether oxygens (including phenoxy) is 1. The average molecular weight is 393 g/mol. The van der Waals surface area contributed by atoms with Crippen LogP contribution in [0.4, 0.5) is 0 Å². The van der Waals surface area contributed by atoms with Crippen molar-refractivity contribution in [1.29, 1.82) is 5.26 Å². The van der Waals surface area contributed by atoms with Crippen LogP contribution in [0.5, 0.6) is 5.75 Å². The highest BCUT2D eigenvalue weighted by molar-refractivity contribution is 5.95. The summed E-state index contributed by atoms with van der Waals surface area (Å²) >= 11 is 0.